The average Bonchev–Trinajstić information content (AvgIpc) is 3.18. The number of nitrogens with zero attached hydrogens (tertiary/aromatic N) is 2. The zero-order valence-corrected chi connectivity index (χ0v) is 15.0. The van der Waals surface area contributed by atoms with Gasteiger partial charge in [0, 0.05) is 24.1 Å². The minimum atomic E-state index is 0.540. The Hall–Kier alpha value is -1.38. The minimum Gasteiger partial charge on any atom is -0.494 e. The van der Waals surface area contributed by atoms with Gasteiger partial charge in [0.1, 0.15) is 11.9 Å². The summed E-state index contributed by atoms with van der Waals surface area (Å²) >= 11 is 0. The summed E-state index contributed by atoms with van der Waals surface area (Å²) in [5.41, 5.74) is 2.81. The van der Waals surface area contributed by atoms with Gasteiger partial charge in [-0.05, 0) is 58.1 Å². The Morgan fingerprint density at radius 1 is 1.17 bits per heavy atom. The molecule has 4 unspecified atom stereocenters. The minimum absolute atomic E-state index is 0.540. The molecule has 3 aliphatic rings. The Morgan fingerprint density at radius 3 is 2.70 bits per heavy atom. The fourth-order valence-corrected chi connectivity index (χ4v) is 5.31. The third kappa shape index (κ3) is 2.15. The van der Waals surface area contributed by atoms with Crippen LogP contribution in [0.3, 0.4) is 0 Å². The summed E-state index contributed by atoms with van der Waals surface area (Å²) in [6.45, 7) is 10.1. The van der Waals surface area contributed by atoms with E-state index >= 15 is 0 Å². The molecule has 1 aromatic rings. The van der Waals surface area contributed by atoms with Crippen molar-refractivity contribution in [3.63, 3.8) is 0 Å². The van der Waals surface area contributed by atoms with E-state index in [2.05, 4.69) is 55.7 Å². The van der Waals surface area contributed by atoms with Crippen LogP contribution in [0.25, 0.3) is 0 Å². The Kier molecular flexibility index (Phi) is 3.70. The molecule has 0 N–H and O–H groups in total. The van der Waals surface area contributed by atoms with Crippen LogP contribution >= 0.6 is 0 Å². The van der Waals surface area contributed by atoms with E-state index in [1.165, 1.54) is 30.6 Å². The first-order valence-corrected chi connectivity index (χ1v) is 9.47. The Balaban J connectivity index is 1.75. The van der Waals surface area contributed by atoms with Crippen LogP contribution in [0.1, 0.15) is 53.4 Å². The van der Waals surface area contributed by atoms with Crippen LogP contribution in [0.5, 0.6) is 5.75 Å². The summed E-state index contributed by atoms with van der Waals surface area (Å²) in [4.78, 5) is 5.38. The molecule has 1 aromatic carbocycles. The second-order valence-corrected chi connectivity index (χ2v) is 7.82. The number of hydrogen-bond donors (Lipinski definition) is 0. The van der Waals surface area contributed by atoms with Gasteiger partial charge in [0.05, 0.1) is 18.0 Å². The molecule has 0 spiro atoms. The summed E-state index contributed by atoms with van der Waals surface area (Å²) < 4.78 is 5.91. The molecule has 4 rings (SSSR count). The molecule has 0 amide bonds. The standard InChI is InChI=1S/C20H30N2O/c1-5-11-23-15-9-10-18-19(12-15)22-14(4)16-7-6-8-17(16)20(22)21(18)13(2)3/h9-10,12-14,16-17,20H,5-8,11H2,1-4H3. The fraction of sp³-hybridized carbons (Fsp3) is 0.700. The van der Waals surface area contributed by atoms with E-state index in [4.69, 9.17) is 4.74 Å². The lowest BCUT2D eigenvalue weighted by atomic mass is 9.92. The lowest BCUT2D eigenvalue weighted by molar-refractivity contribution is 0.317. The molecule has 0 radical (unpaired) electrons. The number of anilines is 2. The van der Waals surface area contributed by atoms with Crippen molar-refractivity contribution in [2.45, 2.75) is 71.6 Å². The Morgan fingerprint density at radius 2 is 1.96 bits per heavy atom. The predicted octanol–water partition coefficient (Wildman–Crippen LogP) is 4.65. The predicted molar refractivity (Wildman–Crippen MR) is 96.4 cm³/mol. The van der Waals surface area contributed by atoms with Crippen LogP contribution in [0.2, 0.25) is 0 Å². The normalized spacial score (nSPS) is 31.5. The summed E-state index contributed by atoms with van der Waals surface area (Å²) in [6, 6.07) is 7.92. The van der Waals surface area contributed by atoms with Crippen molar-refractivity contribution in [1.82, 2.24) is 0 Å². The topological polar surface area (TPSA) is 15.7 Å². The first-order chi connectivity index (χ1) is 11.1. The highest BCUT2D eigenvalue weighted by Gasteiger charge is 2.55. The van der Waals surface area contributed by atoms with Crippen molar-refractivity contribution in [1.29, 1.82) is 0 Å². The van der Waals surface area contributed by atoms with Crippen molar-refractivity contribution >= 4 is 11.4 Å². The Labute approximate surface area is 140 Å². The maximum absolute atomic E-state index is 5.91. The van der Waals surface area contributed by atoms with Crippen molar-refractivity contribution in [3.8, 4) is 5.75 Å². The molecule has 126 valence electrons. The van der Waals surface area contributed by atoms with Crippen LogP contribution < -0.4 is 14.5 Å². The summed E-state index contributed by atoms with van der Waals surface area (Å²) in [5.74, 6) is 2.73. The molecule has 1 aliphatic carbocycles. The van der Waals surface area contributed by atoms with E-state index in [-0.39, 0.29) is 0 Å². The number of ether oxygens (including phenoxy) is 1. The van der Waals surface area contributed by atoms with Gasteiger partial charge >= 0.3 is 0 Å². The van der Waals surface area contributed by atoms with Gasteiger partial charge < -0.3 is 14.5 Å². The molecular formula is C20H30N2O. The lowest BCUT2D eigenvalue weighted by Crippen LogP contribution is -2.47. The molecule has 1 saturated carbocycles. The lowest BCUT2D eigenvalue weighted by Gasteiger charge is -2.35. The summed E-state index contributed by atoms with van der Waals surface area (Å²) in [5, 5.41) is 0. The van der Waals surface area contributed by atoms with Crippen LogP contribution in [-0.2, 0) is 0 Å². The van der Waals surface area contributed by atoms with Crippen LogP contribution in [0.15, 0.2) is 18.2 Å². The maximum Gasteiger partial charge on any atom is 0.121 e. The molecule has 3 heteroatoms. The van der Waals surface area contributed by atoms with E-state index in [0.29, 0.717) is 18.2 Å². The fourth-order valence-electron chi connectivity index (χ4n) is 5.31. The van der Waals surface area contributed by atoms with Crippen LogP contribution in [0, 0.1) is 11.8 Å². The molecule has 2 fully saturated rings. The molecule has 1 saturated heterocycles. The average molecular weight is 314 g/mol. The van der Waals surface area contributed by atoms with Gasteiger partial charge in [-0.15, -0.1) is 0 Å². The SMILES string of the molecule is CCCOc1ccc2c(c1)N1C(C)C3CCCC3C1N2C(C)C. The third-order valence-corrected chi connectivity index (χ3v) is 6.17. The zero-order chi connectivity index (χ0) is 16.1. The van der Waals surface area contributed by atoms with Crippen molar-refractivity contribution in [3.05, 3.63) is 18.2 Å². The highest BCUT2D eigenvalue weighted by Crippen LogP contribution is 2.56. The number of hydrogen-bond acceptors (Lipinski definition) is 3. The molecule has 3 nitrogen and oxygen atoms in total. The quantitative estimate of drug-likeness (QED) is 0.804. The van der Waals surface area contributed by atoms with E-state index in [1.54, 1.807) is 0 Å². The van der Waals surface area contributed by atoms with Gasteiger partial charge in [-0.2, -0.15) is 0 Å². The molecule has 0 aromatic heterocycles. The van der Waals surface area contributed by atoms with E-state index in [1.807, 2.05) is 0 Å². The summed E-state index contributed by atoms with van der Waals surface area (Å²) in [6.07, 6.45) is 5.84. The second kappa shape index (κ2) is 5.61. The van der Waals surface area contributed by atoms with E-state index < -0.39 is 0 Å². The highest BCUT2D eigenvalue weighted by atomic mass is 16.5. The molecule has 2 aliphatic heterocycles. The van der Waals surface area contributed by atoms with Crippen molar-refractivity contribution < 1.29 is 4.74 Å². The number of benzene rings is 1. The number of fused-ring (bicyclic) bond motifs is 5. The van der Waals surface area contributed by atoms with Gasteiger partial charge in [0.15, 0.2) is 0 Å². The van der Waals surface area contributed by atoms with Gasteiger partial charge in [-0.3, -0.25) is 0 Å². The van der Waals surface area contributed by atoms with E-state index in [0.717, 1.165) is 30.6 Å². The van der Waals surface area contributed by atoms with Gasteiger partial charge in [0.2, 0.25) is 0 Å². The summed E-state index contributed by atoms with van der Waals surface area (Å²) in [7, 11) is 0. The second-order valence-electron chi connectivity index (χ2n) is 7.82. The zero-order valence-electron chi connectivity index (χ0n) is 15.0. The highest BCUT2D eigenvalue weighted by molar-refractivity contribution is 5.81. The number of rotatable bonds is 4. The van der Waals surface area contributed by atoms with Crippen LogP contribution in [-0.4, -0.2) is 24.9 Å². The first kappa shape index (κ1) is 15.2. The van der Waals surface area contributed by atoms with Gasteiger partial charge in [-0.25, -0.2) is 0 Å². The maximum atomic E-state index is 5.91. The van der Waals surface area contributed by atoms with Crippen molar-refractivity contribution in [2.24, 2.45) is 11.8 Å². The molecule has 23 heavy (non-hydrogen) atoms. The van der Waals surface area contributed by atoms with Gasteiger partial charge in [0.25, 0.3) is 0 Å². The monoisotopic (exact) mass is 314 g/mol. The largest absolute Gasteiger partial charge is 0.494 e. The van der Waals surface area contributed by atoms with Gasteiger partial charge in [-0.1, -0.05) is 13.3 Å². The molecule has 0 bridgehead atoms. The molecule has 4 atom stereocenters. The van der Waals surface area contributed by atoms with E-state index in [9.17, 15) is 0 Å². The molecule has 2 heterocycles. The third-order valence-electron chi connectivity index (χ3n) is 6.17. The van der Waals surface area contributed by atoms with Crippen molar-refractivity contribution in [2.75, 3.05) is 16.4 Å². The van der Waals surface area contributed by atoms with Crippen LogP contribution in [0.4, 0.5) is 11.4 Å². The smallest absolute Gasteiger partial charge is 0.121 e. The first-order valence-electron chi connectivity index (χ1n) is 9.47. The molecular weight excluding hydrogens is 284 g/mol. The Bertz CT molecular complexity index is 585.